The van der Waals surface area contributed by atoms with Crippen LogP contribution in [0.15, 0.2) is 24.3 Å². The van der Waals surface area contributed by atoms with Gasteiger partial charge in [-0.2, -0.15) is 0 Å². The quantitative estimate of drug-likeness (QED) is 0.841. The molecule has 1 aromatic rings. The van der Waals surface area contributed by atoms with Gasteiger partial charge in [-0.25, -0.2) is 0 Å². The third-order valence-corrected chi connectivity index (χ3v) is 3.94. The van der Waals surface area contributed by atoms with Gasteiger partial charge in [0.2, 0.25) is 0 Å². The zero-order valence-corrected chi connectivity index (χ0v) is 10.9. The Morgan fingerprint density at radius 1 is 1.29 bits per heavy atom. The number of nitrogens with two attached hydrogens (primary N) is 1. The minimum atomic E-state index is -0.760. The lowest BCUT2D eigenvalue weighted by Crippen LogP contribution is -2.07. The van der Waals surface area contributed by atoms with Crippen molar-refractivity contribution in [1.29, 1.82) is 0 Å². The third-order valence-electron chi connectivity index (χ3n) is 1.82. The monoisotopic (exact) mass is 323 g/mol. The highest BCUT2D eigenvalue weighted by atomic mass is 127. The van der Waals surface area contributed by atoms with Gasteiger partial charge in [0.15, 0.2) is 0 Å². The summed E-state index contributed by atoms with van der Waals surface area (Å²) in [5.41, 5.74) is 6.49. The number of halogens is 1. The largest absolute Gasteiger partial charge is 0.330 e. The second-order valence-corrected chi connectivity index (χ2v) is 5.88. The van der Waals surface area contributed by atoms with Crippen molar-refractivity contribution in [3.8, 4) is 0 Å². The van der Waals surface area contributed by atoms with Crippen molar-refractivity contribution in [1.82, 2.24) is 0 Å². The summed E-state index contributed by atoms with van der Waals surface area (Å²) in [5.74, 6) is 1.36. The van der Waals surface area contributed by atoms with E-state index in [4.69, 9.17) is 5.73 Å². The maximum atomic E-state index is 11.5. The van der Waals surface area contributed by atoms with Crippen molar-refractivity contribution in [3.05, 3.63) is 33.4 Å². The number of rotatable bonds is 5. The highest BCUT2D eigenvalue weighted by molar-refractivity contribution is 14.1. The summed E-state index contributed by atoms with van der Waals surface area (Å²) >= 11 is 2.26. The topological polar surface area (TPSA) is 43.1 Å². The molecule has 0 aromatic heterocycles. The molecular weight excluding hydrogens is 309 g/mol. The molecule has 0 amide bonds. The molecule has 4 heteroatoms. The number of hydrogen-bond acceptors (Lipinski definition) is 2. The summed E-state index contributed by atoms with van der Waals surface area (Å²) in [5, 5.41) is 0. The first-order chi connectivity index (χ1) is 6.72. The summed E-state index contributed by atoms with van der Waals surface area (Å²) in [7, 11) is -0.760. The molecule has 0 aliphatic rings. The fourth-order valence-corrected chi connectivity index (χ4v) is 2.64. The molecule has 0 fully saturated rings. The molecule has 78 valence electrons. The Hall–Kier alpha value is 0.0600. The smallest absolute Gasteiger partial charge is 0.0485 e. The fourth-order valence-electron chi connectivity index (χ4n) is 1.08. The van der Waals surface area contributed by atoms with Crippen molar-refractivity contribution in [3.63, 3.8) is 0 Å². The minimum Gasteiger partial charge on any atom is -0.330 e. The first-order valence-corrected chi connectivity index (χ1v) is 7.08. The van der Waals surface area contributed by atoms with Gasteiger partial charge in [0, 0.05) is 25.9 Å². The van der Waals surface area contributed by atoms with Crippen LogP contribution in [0.3, 0.4) is 0 Å². The van der Waals surface area contributed by atoms with Gasteiger partial charge in [0.05, 0.1) is 0 Å². The van der Waals surface area contributed by atoms with Crippen LogP contribution in [0.2, 0.25) is 0 Å². The van der Waals surface area contributed by atoms with Gasteiger partial charge in [-0.3, -0.25) is 4.21 Å². The Kier molecular flexibility index (Phi) is 5.66. The van der Waals surface area contributed by atoms with Crippen molar-refractivity contribution < 1.29 is 4.21 Å². The SMILES string of the molecule is NCCCS(=O)Cc1ccc(I)cc1. The minimum absolute atomic E-state index is 0.623. The van der Waals surface area contributed by atoms with E-state index in [0.29, 0.717) is 18.1 Å². The first kappa shape index (κ1) is 12.1. The van der Waals surface area contributed by atoms with E-state index < -0.39 is 10.8 Å². The summed E-state index contributed by atoms with van der Waals surface area (Å²) in [6.45, 7) is 0.623. The lowest BCUT2D eigenvalue weighted by atomic mass is 10.2. The van der Waals surface area contributed by atoms with E-state index >= 15 is 0 Å². The molecule has 0 bridgehead atoms. The maximum Gasteiger partial charge on any atom is 0.0485 e. The molecule has 2 N–H and O–H groups in total. The third kappa shape index (κ3) is 4.52. The zero-order valence-electron chi connectivity index (χ0n) is 7.91. The Bertz CT molecular complexity index is 299. The van der Waals surface area contributed by atoms with E-state index in [2.05, 4.69) is 22.6 Å². The average Bonchev–Trinajstić information content (AvgIpc) is 2.18. The van der Waals surface area contributed by atoms with E-state index in [1.165, 1.54) is 3.57 Å². The molecule has 0 saturated carbocycles. The molecule has 0 spiro atoms. The molecule has 2 nitrogen and oxygen atoms in total. The van der Waals surface area contributed by atoms with Gasteiger partial charge < -0.3 is 5.73 Å². The van der Waals surface area contributed by atoms with E-state index in [0.717, 1.165) is 12.0 Å². The summed E-state index contributed by atoms with van der Waals surface area (Å²) in [4.78, 5) is 0. The Labute approximate surface area is 101 Å². The van der Waals surface area contributed by atoms with Crippen LogP contribution in [-0.4, -0.2) is 16.5 Å². The fraction of sp³-hybridized carbons (Fsp3) is 0.400. The molecule has 0 saturated heterocycles. The number of hydrogen-bond donors (Lipinski definition) is 1. The van der Waals surface area contributed by atoms with Gasteiger partial charge in [0.25, 0.3) is 0 Å². The van der Waals surface area contributed by atoms with E-state index in [1.54, 1.807) is 0 Å². The van der Waals surface area contributed by atoms with Gasteiger partial charge in [-0.05, 0) is 53.3 Å². The normalized spacial score (nSPS) is 12.7. The van der Waals surface area contributed by atoms with Gasteiger partial charge in [-0.15, -0.1) is 0 Å². The standard InChI is InChI=1S/C10H14INOS/c11-10-4-2-9(3-5-10)8-14(13)7-1-6-12/h2-5H,1,6-8,12H2. The Morgan fingerprint density at radius 3 is 2.50 bits per heavy atom. The summed E-state index contributed by atoms with van der Waals surface area (Å²) in [6.07, 6.45) is 0.844. The van der Waals surface area contributed by atoms with Gasteiger partial charge in [-0.1, -0.05) is 12.1 Å². The molecule has 0 aliphatic carbocycles. The Morgan fingerprint density at radius 2 is 1.93 bits per heavy atom. The van der Waals surface area contributed by atoms with Crippen LogP contribution >= 0.6 is 22.6 Å². The molecule has 1 aromatic carbocycles. The average molecular weight is 323 g/mol. The molecule has 1 unspecified atom stereocenters. The van der Waals surface area contributed by atoms with E-state index in [-0.39, 0.29) is 0 Å². The van der Waals surface area contributed by atoms with Crippen LogP contribution in [-0.2, 0) is 16.6 Å². The molecule has 1 rings (SSSR count). The molecule has 0 heterocycles. The van der Waals surface area contributed by atoms with Crippen molar-refractivity contribution in [2.24, 2.45) is 5.73 Å². The maximum absolute atomic E-state index is 11.5. The van der Waals surface area contributed by atoms with Crippen LogP contribution in [0.5, 0.6) is 0 Å². The lowest BCUT2D eigenvalue weighted by molar-refractivity contribution is 0.680. The lowest BCUT2D eigenvalue weighted by Gasteiger charge is -2.01. The van der Waals surface area contributed by atoms with E-state index in [9.17, 15) is 4.21 Å². The van der Waals surface area contributed by atoms with Gasteiger partial charge in [0.1, 0.15) is 0 Å². The van der Waals surface area contributed by atoms with E-state index in [1.807, 2.05) is 24.3 Å². The first-order valence-electron chi connectivity index (χ1n) is 4.52. The van der Waals surface area contributed by atoms with Crippen molar-refractivity contribution in [2.45, 2.75) is 12.2 Å². The summed E-state index contributed by atoms with van der Waals surface area (Å²) in [6, 6.07) is 8.14. The molecule has 0 radical (unpaired) electrons. The van der Waals surface area contributed by atoms with Crippen LogP contribution in [0.25, 0.3) is 0 Å². The molecule has 1 atom stereocenters. The van der Waals surface area contributed by atoms with Crippen molar-refractivity contribution >= 4 is 33.4 Å². The number of benzene rings is 1. The highest BCUT2D eigenvalue weighted by Crippen LogP contribution is 2.08. The van der Waals surface area contributed by atoms with Crippen molar-refractivity contribution in [2.75, 3.05) is 12.3 Å². The second-order valence-electron chi connectivity index (χ2n) is 3.06. The predicted octanol–water partition coefficient (Wildman–Crippen LogP) is 1.89. The highest BCUT2D eigenvalue weighted by Gasteiger charge is 2.00. The van der Waals surface area contributed by atoms with Crippen LogP contribution in [0.1, 0.15) is 12.0 Å². The van der Waals surface area contributed by atoms with Crippen LogP contribution < -0.4 is 5.73 Å². The molecular formula is C10H14INOS. The molecule has 14 heavy (non-hydrogen) atoms. The van der Waals surface area contributed by atoms with Crippen LogP contribution in [0.4, 0.5) is 0 Å². The predicted molar refractivity (Wildman–Crippen MR) is 69.5 cm³/mol. The summed E-state index contributed by atoms with van der Waals surface area (Å²) < 4.78 is 12.7. The van der Waals surface area contributed by atoms with Gasteiger partial charge >= 0.3 is 0 Å². The Balaban J connectivity index is 2.44. The molecule has 0 aliphatic heterocycles. The van der Waals surface area contributed by atoms with Crippen LogP contribution in [0, 0.1) is 3.57 Å². The zero-order chi connectivity index (χ0) is 10.4. The second kappa shape index (κ2) is 6.53.